The van der Waals surface area contributed by atoms with Gasteiger partial charge in [-0.05, 0) is 43.4 Å². The first kappa shape index (κ1) is 18.3. The number of benzene rings is 1. The molecule has 25 heavy (non-hydrogen) atoms. The molecule has 2 saturated heterocycles. The molecule has 2 aliphatic rings. The topological polar surface area (TPSA) is 66.5 Å². The van der Waals surface area contributed by atoms with E-state index in [2.05, 4.69) is 5.32 Å². The molecule has 0 radical (unpaired) electrons. The molecule has 2 unspecified atom stereocenters. The zero-order chi connectivity index (χ0) is 18.2. The van der Waals surface area contributed by atoms with E-state index in [0.717, 1.165) is 37.8 Å². The number of fused-ring (bicyclic) bond motifs is 2. The summed E-state index contributed by atoms with van der Waals surface area (Å²) in [5, 5.41) is 3.54. The summed E-state index contributed by atoms with van der Waals surface area (Å²) >= 11 is 0. The monoisotopic (exact) mass is 372 g/mol. The lowest BCUT2D eigenvalue weighted by molar-refractivity contribution is -0.131. The van der Waals surface area contributed by atoms with Crippen LogP contribution in [0, 0.1) is 0 Å². The molecular weight excluding hydrogens is 350 g/mol. The second kappa shape index (κ2) is 6.99. The van der Waals surface area contributed by atoms with E-state index in [-0.39, 0.29) is 18.4 Å². The first-order valence-corrected chi connectivity index (χ1v) is 9.94. The molecule has 2 atom stereocenters. The van der Waals surface area contributed by atoms with Gasteiger partial charge in [-0.1, -0.05) is 12.1 Å². The predicted molar refractivity (Wildman–Crippen MR) is 89.1 cm³/mol. The fourth-order valence-electron chi connectivity index (χ4n) is 3.75. The Balaban J connectivity index is 1.63. The third-order valence-corrected chi connectivity index (χ3v) is 6.63. The number of carbonyl (C=O) groups is 1. The highest BCUT2D eigenvalue weighted by molar-refractivity contribution is 7.91. The van der Waals surface area contributed by atoms with Gasteiger partial charge in [0, 0.05) is 25.2 Å². The summed E-state index contributed by atoms with van der Waals surface area (Å²) in [6.07, 6.45) is 4.34. The van der Waals surface area contributed by atoms with Crippen LogP contribution >= 0.6 is 0 Å². The minimum absolute atomic E-state index is 0.0456. The van der Waals surface area contributed by atoms with Crippen LogP contribution in [0.4, 0.5) is 8.78 Å². The molecule has 1 amide bonds. The summed E-state index contributed by atoms with van der Waals surface area (Å²) < 4.78 is 47.9. The molecule has 2 aliphatic heterocycles. The Hall–Kier alpha value is -1.54. The van der Waals surface area contributed by atoms with Gasteiger partial charge in [-0.3, -0.25) is 4.79 Å². The Morgan fingerprint density at radius 2 is 1.76 bits per heavy atom. The Labute approximate surface area is 146 Å². The summed E-state index contributed by atoms with van der Waals surface area (Å²) in [7, 11) is -2.80. The predicted octanol–water partition coefficient (Wildman–Crippen LogP) is 1.97. The number of hydrogen-bond acceptors (Lipinski definition) is 4. The van der Waals surface area contributed by atoms with Gasteiger partial charge in [-0.2, -0.15) is 8.78 Å². The van der Waals surface area contributed by atoms with Crippen LogP contribution in [0.3, 0.4) is 0 Å². The highest BCUT2D eigenvalue weighted by atomic mass is 32.2. The second-order valence-corrected chi connectivity index (χ2v) is 8.81. The first-order valence-electron chi connectivity index (χ1n) is 8.40. The zero-order valence-corrected chi connectivity index (χ0v) is 14.8. The van der Waals surface area contributed by atoms with Crippen molar-refractivity contribution in [3.63, 3.8) is 0 Å². The van der Waals surface area contributed by atoms with E-state index in [1.807, 2.05) is 0 Å². The van der Waals surface area contributed by atoms with E-state index >= 15 is 0 Å². The van der Waals surface area contributed by atoms with Gasteiger partial charge in [-0.25, -0.2) is 8.42 Å². The molecule has 1 aromatic rings. The van der Waals surface area contributed by atoms with Crippen molar-refractivity contribution in [3.8, 4) is 0 Å². The van der Waals surface area contributed by atoms with E-state index in [0.29, 0.717) is 17.6 Å². The molecule has 1 N–H and O–H groups in total. The van der Waals surface area contributed by atoms with E-state index in [4.69, 9.17) is 0 Å². The minimum atomic E-state index is -4.60. The Bertz CT molecular complexity index is 725. The zero-order valence-electron chi connectivity index (χ0n) is 14.0. The number of alkyl halides is 2. The van der Waals surface area contributed by atoms with Gasteiger partial charge in [0.2, 0.25) is 15.7 Å². The Morgan fingerprint density at radius 3 is 2.28 bits per heavy atom. The van der Waals surface area contributed by atoms with Crippen molar-refractivity contribution in [3.05, 3.63) is 29.8 Å². The van der Waals surface area contributed by atoms with Gasteiger partial charge in [-0.15, -0.1) is 0 Å². The molecule has 1 aromatic carbocycles. The number of hydrogen-bond donors (Lipinski definition) is 1. The van der Waals surface area contributed by atoms with Crippen molar-refractivity contribution in [2.24, 2.45) is 0 Å². The molecular formula is C17H22F2N2O3S. The van der Waals surface area contributed by atoms with Crippen molar-refractivity contribution in [2.45, 2.75) is 60.9 Å². The van der Waals surface area contributed by atoms with Crippen molar-refractivity contribution in [1.82, 2.24) is 10.2 Å². The standard InChI is InChI=1S/C17H22F2N2O3S/c1-21(14-9-12-4-5-13(10-14)20-12)16(22)8-11-2-6-15(7-3-11)25(23,24)17(18)19/h2-3,6-7,12-14,17,20H,4-5,8-10H2,1H3. The minimum Gasteiger partial charge on any atom is -0.342 e. The number of rotatable bonds is 5. The maximum absolute atomic E-state index is 12.5. The largest absolute Gasteiger partial charge is 0.342 e. The Kier molecular flexibility index (Phi) is 5.11. The molecule has 2 bridgehead atoms. The molecule has 0 saturated carbocycles. The maximum atomic E-state index is 12.5. The lowest BCUT2D eigenvalue weighted by Gasteiger charge is -2.35. The first-order chi connectivity index (χ1) is 11.8. The summed E-state index contributed by atoms with van der Waals surface area (Å²) in [5.74, 6) is -3.49. The number of nitrogens with zero attached hydrogens (tertiary/aromatic N) is 1. The highest BCUT2D eigenvalue weighted by Gasteiger charge is 2.36. The lowest BCUT2D eigenvalue weighted by Crippen LogP contribution is -2.49. The molecule has 5 nitrogen and oxygen atoms in total. The van der Waals surface area contributed by atoms with Crippen LogP contribution in [-0.2, 0) is 21.1 Å². The summed E-state index contributed by atoms with van der Waals surface area (Å²) in [6.45, 7) is 0. The van der Waals surface area contributed by atoms with Gasteiger partial charge in [0.1, 0.15) is 0 Å². The summed E-state index contributed by atoms with van der Waals surface area (Å²) in [5.41, 5.74) is 0.613. The number of amides is 1. The van der Waals surface area contributed by atoms with Crippen LogP contribution in [0.25, 0.3) is 0 Å². The third-order valence-electron chi connectivity index (χ3n) is 5.23. The van der Waals surface area contributed by atoms with Gasteiger partial charge in [0.25, 0.3) is 0 Å². The summed E-state index contributed by atoms with van der Waals surface area (Å²) in [6, 6.07) is 6.30. The number of sulfone groups is 1. The van der Waals surface area contributed by atoms with Crippen molar-refractivity contribution < 1.29 is 22.0 Å². The number of carbonyl (C=O) groups excluding carboxylic acids is 1. The molecule has 0 aromatic heterocycles. The number of nitrogens with one attached hydrogen (secondary N) is 1. The lowest BCUT2D eigenvalue weighted by atomic mass is 9.98. The van der Waals surface area contributed by atoms with Gasteiger partial charge < -0.3 is 10.2 Å². The number of piperidine rings is 1. The van der Waals surface area contributed by atoms with E-state index in [9.17, 15) is 22.0 Å². The Morgan fingerprint density at radius 1 is 1.20 bits per heavy atom. The average Bonchev–Trinajstić information content (AvgIpc) is 2.92. The van der Waals surface area contributed by atoms with Crippen molar-refractivity contribution in [2.75, 3.05) is 7.05 Å². The van der Waals surface area contributed by atoms with Crippen LogP contribution < -0.4 is 5.32 Å². The fourth-order valence-corrected chi connectivity index (χ4v) is 4.47. The van der Waals surface area contributed by atoms with Gasteiger partial charge >= 0.3 is 5.76 Å². The van der Waals surface area contributed by atoms with E-state index in [1.165, 1.54) is 12.1 Å². The smallest absolute Gasteiger partial charge is 0.341 e. The van der Waals surface area contributed by atoms with Crippen molar-refractivity contribution >= 4 is 15.7 Å². The number of halogens is 2. The van der Waals surface area contributed by atoms with Crippen LogP contribution in [0.15, 0.2) is 29.2 Å². The molecule has 0 aliphatic carbocycles. The van der Waals surface area contributed by atoms with Crippen LogP contribution in [-0.4, -0.2) is 50.2 Å². The van der Waals surface area contributed by atoms with Gasteiger partial charge in [0.05, 0.1) is 11.3 Å². The third kappa shape index (κ3) is 3.84. The average molecular weight is 372 g/mol. The highest BCUT2D eigenvalue weighted by Crippen LogP contribution is 2.29. The molecule has 3 rings (SSSR count). The second-order valence-electron chi connectivity index (χ2n) is 6.89. The SMILES string of the molecule is CN(C(=O)Cc1ccc(S(=O)(=O)C(F)F)cc1)C1CC2CCC(C1)N2. The van der Waals surface area contributed by atoms with Gasteiger partial charge in [0.15, 0.2) is 0 Å². The van der Waals surface area contributed by atoms with Crippen LogP contribution in [0.1, 0.15) is 31.2 Å². The quantitative estimate of drug-likeness (QED) is 0.858. The van der Waals surface area contributed by atoms with Crippen LogP contribution in [0.2, 0.25) is 0 Å². The molecule has 2 heterocycles. The summed E-state index contributed by atoms with van der Waals surface area (Å²) in [4.78, 5) is 13.8. The fraction of sp³-hybridized carbons (Fsp3) is 0.588. The molecule has 138 valence electrons. The molecule has 2 fully saturated rings. The van der Waals surface area contributed by atoms with E-state index < -0.39 is 20.5 Å². The molecule has 8 heteroatoms. The van der Waals surface area contributed by atoms with Crippen molar-refractivity contribution in [1.29, 1.82) is 0 Å². The van der Waals surface area contributed by atoms with Crippen LogP contribution in [0.5, 0.6) is 0 Å². The normalized spacial score (nSPS) is 26.0. The molecule has 0 spiro atoms. The maximum Gasteiger partial charge on any atom is 0.341 e. The van der Waals surface area contributed by atoms with E-state index in [1.54, 1.807) is 11.9 Å². The number of likely N-dealkylation sites (N-methyl/N-ethyl adjacent to an activating group) is 1.